The van der Waals surface area contributed by atoms with Gasteiger partial charge in [-0.15, -0.1) is 0 Å². The number of fused-ring (bicyclic) bond motifs is 4. The van der Waals surface area contributed by atoms with Crippen LogP contribution in [-0.4, -0.2) is 9.13 Å². The summed E-state index contributed by atoms with van der Waals surface area (Å²) in [6, 6.07) is 35.0. The Hall–Kier alpha value is -4.30. The number of hydrogen-bond donors (Lipinski definition) is 0. The highest BCUT2D eigenvalue weighted by atomic mass is 15.0. The molecule has 2 heterocycles. The van der Waals surface area contributed by atoms with Crippen molar-refractivity contribution in [2.75, 3.05) is 0 Å². The Bertz CT molecular complexity index is 1760. The van der Waals surface area contributed by atoms with Crippen molar-refractivity contribution in [3.8, 4) is 0 Å². The minimum Gasteiger partial charge on any atom is -0.336 e. The van der Waals surface area contributed by atoms with E-state index >= 15 is 0 Å². The molecule has 2 nitrogen and oxygen atoms in total. The average molecular weight is 453 g/mol. The molecule has 0 bridgehead atoms. The highest BCUT2D eigenvalue weighted by Gasteiger charge is 2.11. The maximum atomic E-state index is 4.38. The lowest BCUT2D eigenvalue weighted by atomic mass is 10.1. The number of hydrogen-bond acceptors (Lipinski definition) is 0. The van der Waals surface area contributed by atoms with Crippen molar-refractivity contribution >= 4 is 45.4 Å². The van der Waals surface area contributed by atoms with E-state index in [9.17, 15) is 0 Å². The van der Waals surface area contributed by atoms with Gasteiger partial charge in [-0.1, -0.05) is 97.6 Å². The van der Waals surface area contributed by atoms with Gasteiger partial charge in [0.1, 0.15) is 0 Å². The predicted octanol–water partition coefficient (Wildman–Crippen LogP) is 6.61. The normalized spacial score (nSPS) is 12.5. The molecule has 0 unspecified atom stereocenters. The summed E-state index contributed by atoms with van der Waals surface area (Å²) in [5.41, 5.74) is 6.37. The Morgan fingerprint density at radius 3 is 1.60 bits per heavy atom. The van der Waals surface area contributed by atoms with Crippen molar-refractivity contribution in [1.29, 1.82) is 0 Å². The molecule has 0 saturated carbocycles. The highest BCUT2D eigenvalue weighted by molar-refractivity contribution is 6.08. The molecule has 6 aromatic rings. The van der Waals surface area contributed by atoms with Crippen molar-refractivity contribution in [3.63, 3.8) is 0 Å². The maximum Gasteiger partial charge on any atom is 0.0494 e. The molecule has 2 aromatic heterocycles. The van der Waals surface area contributed by atoms with Gasteiger partial charge in [0.05, 0.1) is 0 Å². The first-order valence-corrected chi connectivity index (χ1v) is 12.2. The standard InChI is InChI=1S/C33H28N2/c1-3-4-14-30-24(2)27-11-5-8-15-31(27)34(30)22-25-18-20-26(21-19-25)23-35-32-16-9-6-12-28(32)29-13-7-10-17-33(29)35/h3-21H,2,22-23H2,1H3/b4-3-,30-14+. The average Bonchev–Trinajstić information content (AvgIpc) is 3.36. The van der Waals surface area contributed by atoms with Gasteiger partial charge in [-0.25, -0.2) is 0 Å². The summed E-state index contributed by atoms with van der Waals surface area (Å²) in [5.74, 6) is 0. The smallest absolute Gasteiger partial charge is 0.0494 e. The van der Waals surface area contributed by atoms with Gasteiger partial charge in [0.2, 0.25) is 0 Å². The van der Waals surface area contributed by atoms with Gasteiger partial charge in [0.15, 0.2) is 0 Å². The van der Waals surface area contributed by atoms with Crippen LogP contribution in [0.1, 0.15) is 18.1 Å². The summed E-state index contributed by atoms with van der Waals surface area (Å²) in [7, 11) is 0. The lowest BCUT2D eigenvalue weighted by Crippen LogP contribution is -2.28. The fourth-order valence-corrected chi connectivity index (χ4v) is 5.23. The van der Waals surface area contributed by atoms with Gasteiger partial charge >= 0.3 is 0 Å². The third kappa shape index (κ3) is 3.68. The van der Waals surface area contributed by atoms with E-state index < -0.39 is 0 Å². The summed E-state index contributed by atoms with van der Waals surface area (Å²) >= 11 is 0. The maximum absolute atomic E-state index is 4.38. The SMILES string of the molecule is C=c1/c(=C\C=C/C)n(Cc2ccc(Cn3c4ccccc4c4ccccc43)cc2)c2ccccc12. The zero-order valence-corrected chi connectivity index (χ0v) is 20.0. The minimum absolute atomic E-state index is 0.815. The molecule has 0 aliphatic heterocycles. The van der Waals surface area contributed by atoms with Gasteiger partial charge in [-0.2, -0.15) is 0 Å². The summed E-state index contributed by atoms with van der Waals surface area (Å²) in [6.45, 7) is 8.09. The fraction of sp³-hybridized carbons (Fsp3) is 0.0909. The van der Waals surface area contributed by atoms with E-state index in [0.29, 0.717) is 0 Å². The zero-order valence-electron chi connectivity index (χ0n) is 20.0. The van der Waals surface area contributed by atoms with Crippen LogP contribution in [0.3, 0.4) is 0 Å². The molecule has 0 amide bonds. The Morgan fingerprint density at radius 2 is 1.06 bits per heavy atom. The second kappa shape index (κ2) is 8.81. The number of aromatic nitrogens is 2. The Labute approximate surface area is 205 Å². The molecule has 0 aliphatic rings. The first kappa shape index (κ1) is 21.2. The number of para-hydroxylation sites is 3. The van der Waals surface area contributed by atoms with E-state index in [0.717, 1.165) is 18.3 Å². The molecule has 35 heavy (non-hydrogen) atoms. The second-order valence-electron chi connectivity index (χ2n) is 9.10. The lowest BCUT2D eigenvalue weighted by molar-refractivity contribution is 0.804. The Balaban J connectivity index is 1.36. The molecule has 0 saturated heterocycles. The van der Waals surface area contributed by atoms with Gasteiger partial charge in [0.25, 0.3) is 0 Å². The molecule has 0 aliphatic carbocycles. The monoisotopic (exact) mass is 452 g/mol. The summed E-state index contributed by atoms with van der Waals surface area (Å²) in [6.07, 6.45) is 6.32. The Kier molecular flexibility index (Phi) is 5.35. The molecule has 0 N–H and O–H groups in total. The third-order valence-electron chi connectivity index (χ3n) is 6.95. The molecular formula is C33H28N2. The first-order valence-electron chi connectivity index (χ1n) is 12.2. The lowest BCUT2D eigenvalue weighted by Gasteiger charge is -2.10. The number of benzene rings is 4. The number of allylic oxidation sites excluding steroid dienone is 2. The topological polar surface area (TPSA) is 9.86 Å². The molecular weight excluding hydrogens is 424 g/mol. The molecule has 170 valence electrons. The van der Waals surface area contributed by atoms with Crippen molar-refractivity contribution in [2.24, 2.45) is 0 Å². The summed E-state index contributed by atoms with van der Waals surface area (Å²) < 4.78 is 4.80. The van der Waals surface area contributed by atoms with Crippen LogP contribution in [0.15, 0.2) is 109 Å². The van der Waals surface area contributed by atoms with Gasteiger partial charge in [-0.05, 0) is 42.3 Å². The van der Waals surface area contributed by atoms with Crippen molar-refractivity contribution in [2.45, 2.75) is 20.0 Å². The van der Waals surface area contributed by atoms with Crippen LogP contribution in [0, 0.1) is 0 Å². The van der Waals surface area contributed by atoms with Crippen LogP contribution in [-0.2, 0) is 13.1 Å². The van der Waals surface area contributed by atoms with Gasteiger partial charge < -0.3 is 9.13 Å². The second-order valence-corrected chi connectivity index (χ2v) is 9.10. The van der Waals surface area contributed by atoms with Crippen molar-refractivity contribution in [3.05, 3.63) is 131 Å². The molecule has 2 heteroatoms. The van der Waals surface area contributed by atoms with Crippen LogP contribution in [0.25, 0.3) is 45.4 Å². The van der Waals surface area contributed by atoms with Crippen LogP contribution >= 0.6 is 0 Å². The molecule has 0 fully saturated rings. The first-order chi connectivity index (χ1) is 17.2. The fourth-order valence-electron chi connectivity index (χ4n) is 5.23. The van der Waals surface area contributed by atoms with Crippen LogP contribution in [0.2, 0.25) is 0 Å². The van der Waals surface area contributed by atoms with Crippen LogP contribution in [0.4, 0.5) is 0 Å². The third-order valence-corrected chi connectivity index (χ3v) is 6.95. The highest BCUT2D eigenvalue weighted by Crippen LogP contribution is 2.29. The molecule has 0 atom stereocenters. The number of rotatable bonds is 5. The van der Waals surface area contributed by atoms with Crippen molar-refractivity contribution in [1.82, 2.24) is 9.13 Å². The quantitative estimate of drug-likeness (QED) is 0.278. The van der Waals surface area contributed by atoms with Gasteiger partial charge in [-0.3, -0.25) is 0 Å². The zero-order chi connectivity index (χ0) is 23.8. The van der Waals surface area contributed by atoms with E-state index in [1.165, 1.54) is 49.2 Å². The molecule has 4 aromatic carbocycles. The molecule has 0 radical (unpaired) electrons. The van der Waals surface area contributed by atoms with Crippen LogP contribution in [0.5, 0.6) is 0 Å². The predicted molar refractivity (Wildman–Crippen MR) is 150 cm³/mol. The number of nitrogens with zero attached hydrogens (tertiary/aromatic N) is 2. The van der Waals surface area contributed by atoms with E-state index in [1.807, 2.05) is 6.92 Å². The largest absolute Gasteiger partial charge is 0.336 e. The summed E-state index contributed by atoms with van der Waals surface area (Å²) in [5, 5.41) is 6.09. The van der Waals surface area contributed by atoms with E-state index in [2.05, 4.69) is 131 Å². The van der Waals surface area contributed by atoms with E-state index in [4.69, 9.17) is 0 Å². The minimum atomic E-state index is 0.815. The van der Waals surface area contributed by atoms with Crippen LogP contribution < -0.4 is 10.6 Å². The Morgan fingerprint density at radius 1 is 0.600 bits per heavy atom. The van der Waals surface area contributed by atoms with E-state index in [-0.39, 0.29) is 0 Å². The molecule has 6 rings (SSSR count). The summed E-state index contributed by atoms with van der Waals surface area (Å²) in [4.78, 5) is 0. The van der Waals surface area contributed by atoms with Crippen molar-refractivity contribution < 1.29 is 0 Å². The van der Waals surface area contributed by atoms with Gasteiger partial charge in [0, 0.05) is 56.4 Å². The molecule has 0 spiro atoms. The van der Waals surface area contributed by atoms with E-state index in [1.54, 1.807) is 0 Å².